The lowest BCUT2D eigenvalue weighted by molar-refractivity contribution is -0.385. The van der Waals surface area contributed by atoms with Crippen LogP contribution in [0.4, 0.5) is 5.69 Å². The molecule has 1 aromatic rings. The van der Waals surface area contributed by atoms with Crippen molar-refractivity contribution in [1.29, 1.82) is 10.5 Å². The maximum absolute atomic E-state index is 11.7. The first-order chi connectivity index (χ1) is 8.54. The summed E-state index contributed by atoms with van der Waals surface area (Å²) in [6.45, 7) is 0. The largest absolute Gasteiger partial charge is 0.490 e. The molecule has 0 heterocycles. The molecule has 1 rings (SSSR count). The number of hydrogen-bond acceptors (Lipinski definition) is 6. The Labute approximate surface area is 102 Å². The number of ether oxygens (including phenoxy) is 1. The van der Waals surface area contributed by atoms with E-state index in [4.69, 9.17) is 15.3 Å². The van der Waals surface area contributed by atoms with Crippen molar-refractivity contribution in [2.45, 2.75) is 0 Å². The van der Waals surface area contributed by atoms with Crippen molar-refractivity contribution in [3.63, 3.8) is 0 Å². The van der Waals surface area contributed by atoms with Gasteiger partial charge >= 0.3 is 5.69 Å². The van der Waals surface area contributed by atoms with Crippen LogP contribution in [0.5, 0.6) is 5.75 Å². The Kier molecular flexibility index (Phi) is 3.95. The number of methoxy groups -OCH3 is 1. The molecular formula is C11H7N3O4. The zero-order valence-electron chi connectivity index (χ0n) is 9.28. The van der Waals surface area contributed by atoms with Crippen molar-refractivity contribution < 1.29 is 14.5 Å². The van der Waals surface area contributed by atoms with Crippen LogP contribution in [0.2, 0.25) is 0 Å². The van der Waals surface area contributed by atoms with Gasteiger partial charge < -0.3 is 4.74 Å². The van der Waals surface area contributed by atoms with Gasteiger partial charge in [-0.05, 0) is 12.1 Å². The van der Waals surface area contributed by atoms with Gasteiger partial charge in [0.05, 0.1) is 24.2 Å². The van der Waals surface area contributed by atoms with Gasteiger partial charge in [0.1, 0.15) is 0 Å². The fourth-order valence-corrected chi connectivity index (χ4v) is 1.29. The molecule has 1 aromatic carbocycles. The number of nitriles is 2. The molecule has 0 aliphatic rings. The summed E-state index contributed by atoms with van der Waals surface area (Å²) in [6, 6.07) is 6.50. The number of nitrogens with zero attached hydrogens (tertiary/aromatic N) is 3. The van der Waals surface area contributed by atoms with E-state index < -0.39 is 16.6 Å². The number of nitro benzene ring substituents is 1. The molecule has 0 bridgehead atoms. The first-order valence-electron chi connectivity index (χ1n) is 4.71. The highest BCUT2D eigenvalue weighted by Crippen LogP contribution is 2.28. The topological polar surface area (TPSA) is 117 Å². The molecule has 0 N–H and O–H groups in total. The molecule has 0 amide bonds. The zero-order valence-corrected chi connectivity index (χ0v) is 9.28. The lowest BCUT2D eigenvalue weighted by Gasteiger charge is -2.04. The van der Waals surface area contributed by atoms with Crippen LogP contribution in [-0.2, 0) is 0 Å². The summed E-state index contributed by atoms with van der Waals surface area (Å²) in [5.41, 5.74) is -0.273. The van der Waals surface area contributed by atoms with E-state index in [1.807, 2.05) is 0 Å². The molecule has 0 aromatic heterocycles. The van der Waals surface area contributed by atoms with Crippen LogP contribution in [0.25, 0.3) is 0 Å². The van der Waals surface area contributed by atoms with E-state index in [-0.39, 0.29) is 17.0 Å². The number of Topliss-reactive ketones (excluding diaryl/α,β-unsaturated/α-hetero) is 1. The number of hydrogen-bond donors (Lipinski definition) is 0. The summed E-state index contributed by atoms with van der Waals surface area (Å²) in [5, 5.41) is 27.8. The van der Waals surface area contributed by atoms with Gasteiger partial charge in [0.2, 0.25) is 0 Å². The first kappa shape index (κ1) is 13.1. The molecule has 90 valence electrons. The van der Waals surface area contributed by atoms with Gasteiger partial charge in [-0.25, -0.2) is 0 Å². The zero-order chi connectivity index (χ0) is 13.7. The summed E-state index contributed by atoms with van der Waals surface area (Å²) >= 11 is 0. The molecule has 0 saturated heterocycles. The van der Waals surface area contributed by atoms with Crippen molar-refractivity contribution in [2.24, 2.45) is 5.92 Å². The van der Waals surface area contributed by atoms with Gasteiger partial charge in [-0.1, -0.05) is 0 Å². The van der Waals surface area contributed by atoms with Gasteiger partial charge in [-0.3, -0.25) is 14.9 Å². The van der Waals surface area contributed by atoms with Crippen LogP contribution < -0.4 is 4.74 Å². The van der Waals surface area contributed by atoms with E-state index in [2.05, 4.69) is 0 Å². The molecule has 0 radical (unpaired) electrons. The average Bonchev–Trinajstić information content (AvgIpc) is 2.39. The van der Waals surface area contributed by atoms with Crippen molar-refractivity contribution >= 4 is 11.5 Å². The highest BCUT2D eigenvalue weighted by Gasteiger charge is 2.22. The Balaban J connectivity index is 3.23. The van der Waals surface area contributed by atoms with Crippen LogP contribution in [0, 0.1) is 38.7 Å². The normalized spacial score (nSPS) is 9.33. The monoisotopic (exact) mass is 245 g/mol. The second kappa shape index (κ2) is 5.41. The Morgan fingerprint density at radius 3 is 2.50 bits per heavy atom. The van der Waals surface area contributed by atoms with Gasteiger partial charge in [-0.15, -0.1) is 0 Å². The molecular weight excluding hydrogens is 238 g/mol. The SMILES string of the molecule is COc1cc(C(=O)C(C#N)C#N)ccc1[N+](=O)[O-]. The minimum atomic E-state index is -1.43. The maximum Gasteiger partial charge on any atom is 0.310 e. The van der Waals surface area contributed by atoms with Crippen LogP contribution in [0.1, 0.15) is 10.4 Å². The Hall–Kier alpha value is -2.93. The number of ketones is 1. The van der Waals surface area contributed by atoms with Crippen molar-refractivity contribution in [2.75, 3.05) is 7.11 Å². The highest BCUT2D eigenvalue weighted by atomic mass is 16.6. The van der Waals surface area contributed by atoms with E-state index in [0.29, 0.717) is 0 Å². The smallest absolute Gasteiger partial charge is 0.310 e. The Morgan fingerprint density at radius 2 is 2.06 bits per heavy atom. The first-order valence-corrected chi connectivity index (χ1v) is 4.71. The number of carbonyl (C=O) groups is 1. The second-order valence-electron chi connectivity index (χ2n) is 3.20. The van der Waals surface area contributed by atoms with Crippen molar-refractivity contribution in [3.8, 4) is 17.9 Å². The summed E-state index contributed by atoms with van der Waals surface area (Å²) in [4.78, 5) is 21.7. The fraction of sp³-hybridized carbons (Fsp3) is 0.182. The van der Waals surface area contributed by atoms with Gasteiger partial charge in [0, 0.05) is 11.6 Å². The summed E-state index contributed by atoms with van der Waals surface area (Å²) < 4.78 is 4.78. The molecule has 0 aliphatic heterocycles. The lowest BCUT2D eigenvalue weighted by Crippen LogP contribution is -2.11. The summed E-state index contributed by atoms with van der Waals surface area (Å²) in [7, 11) is 1.22. The third kappa shape index (κ3) is 2.42. The van der Waals surface area contributed by atoms with Crippen molar-refractivity contribution in [1.82, 2.24) is 0 Å². The second-order valence-corrected chi connectivity index (χ2v) is 3.20. The number of rotatable bonds is 4. The summed E-state index contributed by atoms with van der Waals surface area (Å²) in [6.07, 6.45) is 0. The van der Waals surface area contributed by atoms with Crippen molar-refractivity contribution in [3.05, 3.63) is 33.9 Å². The molecule has 7 heteroatoms. The molecule has 0 fully saturated rings. The molecule has 0 unspecified atom stereocenters. The standard InChI is InChI=1S/C11H7N3O4/c1-18-10-4-7(2-3-9(10)14(16)17)11(15)8(5-12)6-13/h2-4,8H,1H3. The molecule has 0 saturated carbocycles. The fourth-order valence-electron chi connectivity index (χ4n) is 1.29. The number of benzene rings is 1. The molecule has 7 nitrogen and oxygen atoms in total. The van der Waals surface area contributed by atoms with Crippen LogP contribution >= 0.6 is 0 Å². The molecule has 0 atom stereocenters. The number of carbonyl (C=O) groups excluding carboxylic acids is 1. The molecule has 18 heavy (non-hydrogen) atoms. The van der Waals surface area contributed by atoms with Gasteiger partial charge in [0.25, 0.3) is 0 Å². The minimum absolute atomic E-state index is 0.0190. The molecule has 0 spiro atoms. The third-order valence-electron chi connectivity index (χ3n) is 2.18. The van der Waals surface area contributed by atoms with E-state index >= 15 is 0 Å². The average molecular weight is 245 g/mol. The van der Waals surface area contributed by atoms with Gasteiger partial charge in [-0.2, -0.15) is 10.5 Å². The van der Waals surface area contributed by atoms with Crippen LogP contribution in [-0.4, -0.2) is 17.8 Å². The van der Waals surface area contributed by atoms with Crippen LogP contribution in [0.15, 0.2) is 18.2 Å². The van der Waals surface area contributed by atoms with E-state index in [1.54, 1.807) is 0 Å². The third-order valence-corrected chi connectivity index (χ3v) is 2.18. The quantitative estimate of drug-likeness (QED) is 0.450. The minimum Gasteiger partial charge on any atom is -0.490 e. The van der Waals surface area contributed by atoms with Crippen LogP contribution in [0.3, 0.4) is 0 Å². The predicted molar refractivity (Wildman–Crippen MR) is 58.7 cm³/mol. The Morgan fingerprint density at radius 1 is 1.44 bits per heavy atom. The lowest BCUT2D eigenvalue weighted by atomic mass is 10.00. The summed E-state index contributed by atoms with van der Waals surface area (Å²) in [5.74, 6) is -2.25. The number of nitro groups is 1. The highest BCUT2D eigenvalue weighted by molar-refractivity contribution is 6.01. The Bertz CT molecular complexity index is 569. The van der Waals surface area contributed by atoms with E-state index in [9.17, 15) is 14.9 Å². The maximum atomic E-state index is 11.7. The van der Waals surface area contributed by atoms with Gasteiger partial charge in [0.15, 0.2) is 17.5 Å². The molecule has 0 aliphatic carbocycles. The van der Waals surface area contributed by atoms with E-state index in [1.165, 1.54) is 25.3 Å². The predicted octanol–water partition coefficient (Wildman–Crippen LogP) is 1.45. The van der Waals surface area contributed by atoms with E-state index in [0.717, 1.165) is 12.1 Å².